The first-order chi connectivity index (χ1) is 7.41. The van der Waals surface area contributed by atoms with Crippen molar-refractivity contribution in [3.8, 4) is 0 Å². The molecule has 0 aliphatic carbocycles. The summed E-state index contributed by atoms with van der Waals surface area (Å²) in [6.45, 7) is 1.32. The number of rotatable bonds is 3. The lowest BCUT2D eigenvalue weighted by atomic mass is 10.2. The SMILES string of the molecule is CC(=O)CC(=O)N(C)c1cc(Br)ccc1F. The van der Waals surface area contributed by atoms with Crippen LogP contribution in [0.25, 0.3) is 0 Å². The lowest BCUT2D eigenvalue weighted by molar-refractivity contribution is -0.125. The summed E-state index contributed by atoms with van der Waals surface area (Å²) in [6, 6.07) is 4.30. The number of hydrogen-bond acceptors (Lipinski definition) is 2. The van der Waals surface area contributed by atoms with E-state index in [2.05, 4.69) is 15.9 Å². The molecule has 0 spiro atoms. The number of benzene rings is 1. The van der Waals surface area contributed by atoms with Crippen LogP contribution in [0.2, 0.25) is 0 Å². The Kier molecular flexibility index (Phi) is 4.18. The quantitative estimate of drug-likeness (QED) is 0.801. The maximum Gasteiger partial charge on any atom is 0.234 e. The van der Waals surface area contributed by atoms with Crippen molar-refractivity contribution in [3.05, 3.63) is 28.5 Å². The minimum atomic E-state index is -0.498. The van der Waals surface area contributed by atoms with Gasteiger partial charge in [-0.2, -0.15) is 0 Å². The zero-order valence-electron chi connectivity index (χ0n) is 8.96. The molecule has 1 aromatic carbocycles. The van der Waals surface area contributed by atoms with Crippen molar-refractivity contribution in [1.82, 2.24) is 0 Å². The Hall–Kier alpha value is -1.23. The summed E-state index contributed by atoms with van der Waals surface area (Å²) in [5.41, 5.74) is 0.153. The van der Waals surface area contributed by atoms with Crippen LogP contribution in [0.1, 0.15) is 13.3 Å². The number of Topliss-reactive ketones (excluding diaryl/α,β-unsaturated/α-hetero) is 1. The molecule has 5 heteroatoms. The van der Waals surface area contributed by atoms with Crippen molar-refractivity contribution < 1.29 is 14.0 Å². The average molecular weight is 288 g/mol. The van der Waals surface area contributed by atoms with E-state index in [0.717, 1.165) is 4.90 Å². The number of ketones is 1. The lowest BCUT2D eigenvalue weighted by Crippen LogP contribution is -2.28. The van der Waals surface area contributed by atoms with Crippen LogP contribution >= 0.6 is 15.9 Å². The van der Waals surface area contributed by atoms with Crippen LogP contribution in [0, 0.1) is 5.82 Å². The summed E-state index contributed by atoms with van der Waals surface area (Å²) in [7, 11) is 1.44. The van der Waals surface area contributed by atoms with Gasteiger partial charge >= 0.3 is 0 Å². The molecule has 1 aromatic rings. The molecular weight excluding hydrogens is 277 g/mol. The molecule has 1 rings (SSSR count). The van der Waals surface area contributed by atoms with Crippen LogP contribution < -0.4 is 4.90 Å². The number of carbonyl (C=O) groups is 2. The first kappa shape index (κ1) is 12.8. The van der Waals surface area contributed by atoms with E-state index in [4.69, 9.17) is 0 Å². The van der Waals surface area contributed by atoms with Crippen molar-refractivity contribution in [3.63, 3.8) is 0 Å². The standard InChI is InChI=1S/C11H11BrFNO2/c1-7(15)5-11(16)14(2)10-6-8(12)3-4-9(10)13/h3-4,6H,5H2,1-2H3. The first-order valence-electron chi connectivity index (χ1n) is 4.63. The highest BCUT2D eigenvalue weighted by Gasteiger charge is 2.16. The second kappa shape index (κ2) is 5.21. The van der Waals surface area contributed by atoms with Gasteiger partial charge in [0.05, 0.1) is 12.1 Å². The Morgan fingerprint density at radius 1 is 1.44 bits per heavy atom. The Balaban J connectivity index is 2.95. The second-order valence-electron chi connectivity index (χ2n) is 3.43. The fourth-order valence-corrected chi connectivity index (χ4v) is 1.56. The van der Waals surface area contributed by atoms with Crippen LogP contribution in [0.5, 0.6) is 0 Å². The molecule has 3 nitrogen and oxygen atoms in total. The highest BCUT2D eigenvalue weighted by Crippen LogP contribution is 2.23. The molecule has 0 atom stereocenters. The Morgan fingerprint density at radius 3 is 2.62 bits per heavy atom. The van der Waals surface area contributed by atoms with E-state index >= 15 is 0 Å². The van der Waals surface area contributed by atoms with E-state index < -0.39 is 11.7 Å². The second-order valence-corrected chi connectivity index (χ2v) is 4.34. The molecular formula is C11H11BrFNO2. The van der Waals surface area contributed by atoms with Crippen molar-refractivity contribution >= 4 is 33.3 Å². The van der Waals surface area contributed by atoms with Crippen molar-refractivity contribution in [2.45, 2.75) is 13.3 Å². The van der Waals surface area contributed by atoms with Gasteiger partial charge in [0.2, 0.25) is 5.91 Å². The summed E-state index contributed by atoms with van der Waals surface area (Å²) in [5, 5.41) is 0. The molecule has 16 heavy (non-hydrogen) atoms. The highest BCUT2D eigenvalue weighted by atomic mass is 79.9. The average Bonchev–Trinajstić information content (AvgIpc) is 2.19. The van der Waals surface area contributed by atoms with Gasteiger partial charge in [-0.05, 0) is 25.1 Å². The number of halogens is 2. The summed E-state index contributed by atoms with van der Waals surface area (Å²) in [4.78, 5) is 23.5. The third-order valence-electron chi connectivity index (χ3n) is 2.04. The molecule has 0 unspecified atom stereocenters. The van der Waals surface area contributed by atoms with E-state index in [0.29, 0.717) is 4.47 Å². The van der Waals surface area contributed by atoms with E-state index in [1.807, 2.05) is 0 Å². The Labute approximate surface area is 101 Å². The summed E-state index contributed by atoms with van der Waals surface area (Å²) in [6.07, 6.45) is -0.220. The van der Waals surface area contributed by atoms with Crippen molar-refractivity contribution in [1.29, 1.82) is 0 Å². The monoisotopic (exact) mass is 287 g/mol. The maximum atomic E-state index is 13.4. The Bertz CT molecular complexity index is 434. The van der Waals surface area contributed by atoms with Gasteiger partial charge in [-0.15, -0.1) is 0 Å². The summed E-state index contributed by atoms with van der Waals surface area (Å²) in [5.74, 6) is -1.17. The molecule has 0 aromatic heterocycles. The van der Waals surface area contributed by atoms with Gasteiger partial charge in [0.1, 0.15) is 11.6 Å². The van der Waals surface area contributed by atoms with Crippen LogP contribution in [0.15, 0.2) is 22.7 Å². The van der Waals surface area contributed by atoms with E-state index in [-0.39, 0.29) is 17.9 Å². The van der Waals surface area contributed by atoms with Gasteiger partial charge in [0.25, 0.3) is 0 Å². The van der Waals surface area contributed by atoms with Crippen LogP contribution in [-0.4, -0.2) is 18.7 Å². The number of nitrogens with zero attached hydrogens (tertiary/aromatic N) is 1. The molecule has 0 N–H and O–H groups in total. The van der Waals surface area contributed by atoms with Gasteiger partial charge in [0.15, 0.2) is 0 Å². The van der Waals surface area contributed by atoms with Gasteiger partial charge in [-0.25, -0.2) is 4.39 Å². The molecule has 0 bridgehead atoms. The molecule has 0 saturated carbocycles. The normalized spacial score (nSPS) is 10.0. The minimum Gasteiger partial charge on any atom is -0.312 e. The fraction of sp³-hybridized carbons (Fsp3) is 0.273. The summed E-state index contributed by atoms with van der Waals surface area (Å²) < 4.78 is 14.1. The van der Waals surface area contributed by atoms with E-state index in [9.17, 15) is 14.0 Å². The predicted molar refractivity (Wildman–Crippen MR) is 62.8 cm³/mol. The lowest BCUT2D eigenvalue weighted by Gasteiger charge is -2.17. The van der Waals surface area contributed by atoms with Crippen LogP contribution in [0.3, 0.4) is 0 Å². The number of anilines is 1. The molecule has 0 aliphatic heterocycles. The van der Waals surface area contributed by atoms with Gasteiger partial charge in [0, 0.05) is 11.5 Å². The van der Waals surface area contributed by atoms with E-state index in [1.165, 1.54) is 26.1 Å². The van der Waals surface area contributed by atoms with Gasteiger partial charge < -0.3 is 4.90 Å². The van der Waals surface area contributed by atoms with Crippen LogP contribution in [-0.2, 0) is 9.59 Å². The molecule has 0 saturated heterocycles. The largest absolute Gasteiger partial charge is 0.312 e. The molecule has 86 valence electrons. The topological polar surface area (TPSA) is 37.4 Å². The molecule has 0 radical (unpaired) electrons. The maximum absolute atomic E-state index is 13.4. The fourth-order valence-electron chi connectivity index (χ4n) is 1.21. The summed E-state index contributed by atoms with van der Waals surface area (Å²) >= 11 is 3.19. The van der Waals surface area contributed by atoms with Gasteiger partial charge in [-0.3, -0.25) is 9.59 Å². The van der Waals surface area contributed by atoms with E-state index in [1.54, 1.807) is 6.07 Å². The third-order valence-corrected chi connectivity index (χ3v) is 2.54. The van der Waals surface area contributed by atoms with Crippen molar-refractivity contribution in [2.24, 2.45) is 0 Å². The third kappa shape index (κ3) is 3.13. The first-order valence-corrected chi connectivity index (χ1v) is 5.42. The molecule has 1 amide bonds. The zero-order valence-corrected chi connectivity index (χ0v) is 10.5. The Morgan fingerprint density at radius 2 is 2.06 bits per heavy atom. The minimum absolute atomic E-state index is 0.153. The molecule has 0 heterocycles. The van der Waals surface area contributed by atoms with Crippen LogP contribution in [0.4, 0.5) is 10.1 Å². The highest BCUT2D eigenvalue weighted by molar-refractivity contribution is 9.10. The van der Waals surface area contributed by atoms with Crippen molar-refractivity contribution in [2.75, 3.05) is 11.9 Å². The molecule has 0 aliphatic rings. The number of carbonyl (C=O) groups excluding carboxylic acids is 2. The number of amides is 1. The smallest absolute Gasteiger partial charge is 0.234 e. The molecule has 0 fully saturated rings. The zero-order chi connectivity index (χ0) is 12.3. The van der Waals surface area contributed by atoms with Gasteiger partial charge in [-0.1, -0.05) is 15.9 Å². The predicted octanol–water partition coefficient (Wildman–Crippen LogP) is 2.53. The number of hydrogen-bond donors (Lipinski definition) is 0.